The largest absolute Gasteiger partial charge is 0.355 e. The number of aryl methyl sites for hydroxylation is 1. The van der Waals surface area contributed by atoms with E-state index in [9.17, 15) is 24.5 Å². The SMILES string of the molecule is Cn1c(=O)cc(Nc2ccc([N+](=O)[O-])cc2)c2c(=O)n(-c3ccccc3)c(=O)n(-c3ccccc3)c21. The Morgan fingerprint density at radius 1 is 0.778 bits per heavy atom. The van der Waals surface area contributed by atoms with E-state index in [2.05, 4.69) is 5.32 Å². The van der Waals surface area contributed by atoms with Gasteiger partial charge in [-0.3, -0.25) is 24.3 Å². The summed E-state index contributed by atoms with van der Waals surface area (Å²) in [5.41, 5.74) is -0.249. The monoisotopic (exact) mass is 481 g/mol. The highest BCUT2D eigenvalue weighted by Crippen LogP contribution is 2.25. The summed E-state index contributed by atoms with van der Waals surface area (Å²) in [5, 5.41) is 14.1. The highest BCUT2D eigenvalue weighted by atomic mass is 16.6. The number of benzene rings is 3. The predicted octanol–water partition coefficient (Wildman–Crippen LogP) is 3.49. The Morgan fingerprint density at radius 2 is 1.33 bits per heavy atom. The predicted molar refractivity (Wildman–Crippen MR) is 137 cm³/mol. The molecule has 178 valence electrons. The molecule has 0 atom stereocenters. The Morgan fingerprint density at radius 3 is 1.89 bits per heavy atom. The summed E-state index contributed by atoms with van der Waals surface area (Å²) in [7, 11) is 1.49. The van der Waals surface area contributed by atoms with Crippen molar-refractivity contribution in [3.63, 3.8) is 0 Å². The standard InChI is InChI=1S/C26H19N5O5/c1-28-22(32)16-21(27-17-12-14-20(15-13-17)31(35)36)23-24(28)29(18-8-4-2-5-9-18)26(34)30(25(23)33)19-10-6-3-7-11-19/h2-16,27H,1H3. The average Bonchev–Trinajstić information content (AvgIpc) is 2.88. The normalized spacial score (nSPS) is 10.9. The molecule has 0 aliphatic heterocycles. The number of fused-ring (bicyclic) bond motifs is 1. The zero-order valence-electron chi connectivity index (χ0n) is 19.0. The van der Waals surface area contributed by atoms with Crippen molar-refractivity contribution in [2.24, 2.45) is 7.05 Å². The number of nitrogens with zero attached hydrogens (tertiary/aromatic N) is 4. The quantitative estimate of drug-likeness (QED) is 0.303. The summed E-state index contributed by atoms with van der Waals surface area (Å²) >= 11 is 0. The molecule has 0 bridgehead atoms. The Kier molecular flexibility index (Phi) is 5.53. The van der Waals surface area contributed by atoms with E-state index >= 15 is 0 Å². The summed E-state index contributed by atoms with van der Waals surface area (Å²) in [6.07, 6.45) is 0. The molecule has 36 heavy (non-hydrogen) atoms. The van der Waals surface area contributed by atoms with Crippen LogP contribution < -0.4 is 22.1 Å². The Labute approximate surface area is 203 Å². The Hall–Kier alpha value is -5.25. The second-order valence-corrected chi connectivity index (χ2v) is 8.01. The maximum absolute atomic E-state index is 13.9. The second-order valence-electron chi connectivity index (χ2n) is 8.01. The van der Waals surface area contributed by atoms with Crippen molar-refractivity contribution in [3.8, 4) is 11.4 Å². The Bertz CT molecular complexity index is 1790. The first kappa shape index (κ1) is 22.5. The fraction of sp³-hybridized carbons (Fsp3) is 0.0385. The molecular formula is C26H19N5O5. The Balaban J connectivity index is 1.89. The van der Waals surface area contributed by atoms with Crippen LogP contribution in [0.25, 0.3) is 22.4 Å². The minimum absolute atomic E-state index is 0.0984. The summed E-state index contributed by atoms with van der Waals surface area (Å²) in [4.78, 5) is 51.1. The van der Waals surface area contributed by atoms with E-state index < -0.39 is 21.7 Å². The van der Waals surface area contributed by atoms with Gasteiger partial charge in [0.05, 0.1) is 22.0 Å². The van der Waals surface area contributed by atoms with E-state index in [-0.39, 0.29) is 22.4 Å². The highest BCUT2D eigenvalue weighted by Gasteiger charge is 2.21. The van der Waals surface area contributed by atoms with Gasteiger partial charge in [-0.15, -0.1) is 0 Å². The maximum Gasteiger partial charge on any atom is 0.341 e. The molecule has 0 saturated carbocycles. The molecule has 5 rings (SSSR count). The van der Waals surface area contributed by atoms with E-state index in [0.29, 0.717) is 17.1 Å². The van der Waals surface area contributed by atoms with E-state index in [1.165, 1.54) is 46.5 Å². The van der Waals surface area contributed by atoms with Gasteiger partial charge >= 0.3 is 5.69 Å². The number of nitro benzene ring substituents is 1. The summed E-state index contributed by atoms with van der Waals surface area (Å²) in [5.74, 6) is 0. The number of nitrogens with one attached hydrogen (secondary N) is 1. The van der Waals surface area contributed by atoms with Crippen molar-refractivity contribution in [2.45, 2.75) is 0 Å². The number of rotatable bonds is 5. The highest BCUT2D eigenvalue weighted by molar-refractivity contribution is 5.91. The summed E-state index contributed by atoms with van der Waals surface area (Å²) in [6, 6.07) is 24.1. The van der Waals surface area contributed by atoms with Gasteiger partial charge in [-0.1, -0.05) is 36.4 Å². The van der Waals surface area contributed by atoms with E-state index in [1.54, 1.807) is 60.7 Å². The first-order valence-corrected chi connectivity index (χ1v) is 10.9. The van der Waals surface area contributed by atoms with Crippen LogP contribution in [-0.4, -0.2) is 18.6 Å². The topological polar surface area (TPSA) is 121 Å². The first-order valence-electron chi connectivity index (χ1n) is 10.9. The molecule has 0 aliphatic carbocycles. The van der Waals surface area contributed by atoms with Crippen LogP contribution in [0.4, 0.5) is 17.1 Å². The molecule has 0 radical (unpaired) electrons. The van der Waals surface area contributed by atoms with Crippen LogP contribution in [-0.2, 0) is 7.05 Å². The zero-order valence-corrected chi connectivity index (χ0v) is 19.0. The van der Waals surface area contributed by atoms with Crippen LogP contribution in [0.1, 0.15) is 0 Å². The number of non-ortho nitro benzene ring substituents is 1. The molecule has 0 saturated heterocycles. The molecule has 10 heteroatoms. The number of hydrogen-bond acceptors (Lipinski definition) is 6. The molecule has 1 N–H and O–H groups in total. The van der Waals surface area contributed by atoms with E-state index in [1.807, 2.05) is 0 Å². The molecule has 0 fully saturated rings. The molecule has 2 heterocycles. The van der Waals surface area contributed by atoms with Crippen molar-refractivity contribution in [3.05, 3.63) is 132 Å². The molecule has 0 unspecified atom stereocenters. The van der Waals surface area contributed by atoms with Crippen LogP contribution in [0, 0.1) is 10.1 Å². The molecule has 0 spiro atoms. The molecule has 0 aliphatic rings. The molecule has 3 aromatic carbocycles. The van der Waals surface area contributed by atoms with Crippen LogP contribution >= 0.6 is 0 Å². The zero-order chi connectivity index (χ0) is 25.4. The lowest BCUT2D eigenvalue weighted by atomic mass is 10.2. The first-order chi connectivity index (χ1) is 17.4. The van der Waals surface area contributed by atoms with Crippen molar-refractivity contribution < 1.29 is 4.92 Å². The number of aromatic nitrogens is 3. The fourth-order valence-corrected chi connectivity index (χ4v) is 4.08. The lowest BCUT2D eigenvalue weighted by Gasteiger charge is -2.19. The van der Waals surface area contributed by atoms with Gasteiger partial charge in [0.1, 0.15) is 11.0 Å². The van der Waals surface area contributed by atoms with Crippen LogP contribution in [0.15, 0.2) is 105 Å². The van der Waals surface area contributed by atoms with Crippen molar-refractivity contribution >= 4 is 28.1 Å². The molecular weight excluding hydrogens is 462 g/mol. The van der Waals surface area contributed by atoms with Gasteiger partial charge in [0.15, 0.2) is 0 Å². The van der Waals surface area contributed by atoms with Crippen LogP contribution in [0.2, 0.25) is 0 Å². The van der Waals surface area contributed by atoms with Gasteiger partial charge < -0.3 is 5.32 Å². The summed E-state index contributed by atoms with van der Waals surface area (Å²) in [6.45, 7) is 0. The molecule has 10 nitrogen and oxygen atoms in total. The second kappa shape index (κ2) is 8.84. The molecule has 2 aromatic heterocycles. The number of anilines is 2. The van der Waals surface area contributed by atoms with Crippen molar-refractivity contribution in [1.82, 2.24) is 13.7 Å². The maximum atomic E-state index is 13.9. The third kappa shape index (κ3) is 3.76. The number of pyridine rings is 1. The number of hydrogen-bond donors (Lipinski definition) is 1. The van der Waals surface area contributed by atoms with Crippen molar-refractivity contribution in [2.75, 3.05) is 5.32 Å². The third-order valence-electron chi connectivity index (χ3n) is 5.81. The average molecular weight is 481 g/mol. The lowest BCUT2D eigenvalue weighted by Crippen LogP contribution is -2.40. The minimum Gasteiger partial charge on any atom is -0.355 e. The van der Waals surface area contributed by atoms with E-state index in [0.717, 1.165) is 4.57 Å². The van der Waals surface area contributed by atoms with Gasteiger partial charge in [-0.2, -0.15) is 0 Å². The lowest BCUT2D eigenvalue weighted by molar-refractivity contribution is -0.384. The van der Waals surface area contributed by atoms with E-state index in [4.69, 9.17) is 0 Å². The number of para-hydroxylation sites is 2. The van der Waals surface area contributed by atoms with Gasteiger partial charge in [0.25, 0.3) is 16.8 Å². The van der Waals surface area contributed by atoms with Gasteiger partial charge in [0, 0.05) is 30.9 Å². The minimum atomic E-state index is -0.632. The molecule has 0 amide bonds. The summed E-state index contributed by atoms with van der Waals surface area (Å²) < 4.78 is 3.63. The van der Waals surface area contributed by atoms with Crippen LogP contribution in [0.3, 0.4) is 0 Å². The van der Waals surface area contributed by atoms with Gasteiger partial charge in [0.2, 0.25) is 0 Å². The third-order valence-corrected chi connectivity index (χ3v) is 5.81. The van der Waals surface area contributed by atoms with Gasteiger partial charge in [-0.25, -0.2) is 13.9 Å². The smallest absolute Gasteiger partial charge is 0.341 e. The fourth-order valence-electron chi connectivity index (χ4n) is 4.08. The van der Waals surface area contributed by atoms with Gasteiger partial charge in [-0.05, 0) is 36.4 Å². The van der Waals surface area contributed by atoms with Crippen molar-refractivity contribution in [1.29, 1.82) is 0 Å². The molecule has 5 aromatic rings. The number of nitro groups is 1. The van der Waals surface area contributed by atoms with Crippen LogP contribution in [0.5, 0.6) is 0 Å².